The number of hydrogen-bond acceptors (Lipinski definition) is 4. The van der Waals surface area contributed by atoms with Crippen LogP contribution in [-0.4, -0.2) is 19.3 Å². The van der Waals surface area contributed by atoms with Crippen LogP contribution in [0.4, 0.5) is 0 Å². The van der Waals surface area contributed by atoms with Crippen LogP contribution < -0.4 is 4.72 Å². The molecule has 30 heavy (non-hydrogen) atoms. The molecule has 0 radical (unpaired) electrons. The van der Waals surface area contributed by atoms with Crippen LogP contribution in [0.2, 0.25) is 10.0 Å². The van der Waals surface area contributed by atoms with Gasteiger partial charge in [0, 0.05) is 22.2 Å². The zero-order chi connectivity index (χ0) is 21.3. The molecule has 1 amide bonds. The average molecular weight is 457 g/mol. The minimum absolute atomic E-state index is 0.0168. The first kappa shape index (κ1) is 20.3. The number of fused-ring (bicyclic) bond motifs is 1. The summed E-state index contributed by atoms with van der Waals surface area (Å²) in [5, 5.41) is 1.39. The molecule has 5 nitrogen and oxygen atoms in total. The summed E-state index contributed by atoms with van der Waals surface area (Å²) in [7, 11) is -4.08. The Kier molecular flexibility index (Phi) is 5.47. The summed E-state index contributed by atoms with van der Waals surface area (Å²) in [6, 6.07) is 20.1. The first-order valence-electron chi connectivity index (χ1n) is 8.81. The van der Waals surface area contributed by atoms with E-state index in [4.69, 9.17) is 23.2 Å². The van der Waals surface area contributed by atoms with E-state index in [2.05, 4.69) is 4.98 Å². The van der Waals surface area contributed by atoms with Crippen LogP contribution in [0, 0.1) is 0 Å². The van der Waals surface area contributed by atoms with E-state index in [0.717, 1.165) is 22.0 Å². The fraction of sp³-hybridized carbons (Fsp3) is 0. The maximum absolute atomic E-state index is 12.6. The first-order chi connectivity index (χ1) is 14.3. The molecular formula is C22H14Cl2N2O3S. The largest absolute Gasteiger partial charge is 0.268 e. The molecule has 0 unspecified atom stereocenters. The highest BCUT2D eigenvalue weighted by atomic mass is 35.5. The number of para-hydroxylation sites is 1. The molecule has 3 aromatic carbocycles. The first-order valence-corrected chi connectivity index (χ1v) is 11.1. The smallest absolute Gasteiger partial charge is 0.266 e. The van der Waals surface area contributed by atoms with Gasteiger partial charge in [0.25, 0.3) is 15.9 Å². The average Bonchev–Trinajstić information content (AvgIpc) is 2.73. The van der Waals surface area contributed by atoms with Crippen LogP contribution in [0.1, 0.15) is 10.4 Å². The van der Waals surface area contributed by atoms with E-state index in [1.54, 1.807) is 18.3 Å². The normalized spacial score (nSPS) is 11.4. The second-order valence-corrected chi connectivity index (χ2v) is 8.99. The number of sulfonamides is 1. The summed E-state index contributed by atoms with van der Waals surface area (Å²) in [4.78, 5) is 16.7. The number of hydrogen-bond donors (Lipinski definition) is 1. The van der Waals surface area contributed by atoms with E-state index in [1.165, 1.54) is 30.3 Å². The molecule has 1 heterocycles. The van der Waals surface area contributed by atoms with Gasteiger partial charge in [-0.25, -0.2) is 13.1 Å². The molecule has 4 rings (SSSR count). The number of benzene rings is 3. The maximum Gasteiger partial charge on any atom is 0.266 e. The van der Waals surface area contributed by atoms with Crippen molar-refractivity contribution in [1.29, 1.82) is 0 Å². The monoisotopic (exact) mass is 456 g/mol. The van der Waals surface area contributed by atoms with Gasteiger partial charge in [-0.2, -0.15) is 0 Å². The van der Waals surface area contributed by atoms with Crippen LogP contribution in [0.5, 0.6) is 0 Å². The number of nitrogens with one attached hydrogen (secondary N) is 1. The van der Waals surface area contributed by atoms with Crippen LogP contribution in [-0.2, 0) is 10.0 Å². The van der Waals surface area contributed by atoms with Gasteiger partial charge in [0.15, 0.2) is 0 Å². The Bertz CT molecular complexity index is 1370. The SMILES string of the molecule is O=C(NS(=O)(=O)c1ccc(-c2cccc3cccnc23)cc1)c1ccc(Cl)cc1Cl. The molecule has 150 valence electrons. The third-order valence-electron chi connectivity index (χ3n) is 4.51. The van der Waals surface area contributed by atoms with Crippen molar-refractivity contribution in [2.45, 2.75) is 4.90 Å². The van der Waals surface area contributed by atoms with Gasteiger partial charge in [0.05, 0.1) is 21.0 Å². The van der Waals surface area contributed by atoms with E-state index >= 15 is 0 Å². The molecule has 4 aromatic rings. The van der Waals surface area contributed by atoms with Crippen molar-refractivity contribution in [3.63, 3.8) is 0 Å². The molecular weight excluding hydrogens is 443 g/mol. The molecule has 0 spiro atoms. The summed E-state index contributed by atoms with van der Waals surface area (Å²) in [6.07, 6.45) is 1.71. The topological polar surface area (TPSA) is 76.1 Å². The van der Waals surface area contributed by atoms with Gasteiger partial charge >= 0.3 is 0 Å². The van der Waals surface area contributed by atoms with Gasteiger partial charge in [-0.1, -0.05) is 59.6 Å². The van der Waals surface area contributed by atoms with Gasteiger partial charge < -0.3 is 0 Å². The summed E-state index contributed by atoms with van der Waals surface area (Å²) in [5.74, 6) is -0.834. The Morgan fingerprint density at radius 1 is 0.900 bits per heavy atom. The van der Waals surface area contributed by atoms with Crippen molar-refractivity contribution >= 4 is 50.0 Å². The maximum atomic E-state index is 12.6. The number of nitrogens with zero attached hydrogens (tertiary/aromatic N) is 1. The van der Waals surface area contributed by atoms with Crippen LogP contribution in [0.25, 0.3) is 22.0 Å². The summed E-state index contributed by atoms with van der Waals surface area (Å²) in [6.45, 7) is 0. The Morgan fingerprint density at radius 2 is 1.63 bits per heavy atom. The zero-order valence-electron chi connectivity index (χ0n) is 15.3. The zero-order valence-corrected chi connectivity index (χ0v) is 17.7. The fourth-order valence-electron chi connectivity index (χ4n) is 3.06. The van der Waals surface area contributed by atoms with Crippen LogP contribution >= 0.6 is 23.2 Å². The number of aromatic nitrogens is 1. The third kappa shape index (κ3) is 4.03. The highest BCUT2D eigenvalue weighted by Gasteiger charge is 2.20. The lowest BCUT2D eigenvalue weighted by Crippen LogP contribution is -2.30. The van der Waals surface area contributed by atoms with Crippen molar-refractivity contribution < 1.29 is 13.2 Å². The predicted molar refractivity (Wildman–Crippen MR) is 118 cm³/mol. The molecule has 0 saturated carbocycles. The quantitative estimate of drug-likeness (QED) is 0.450. The molecule has 1 N–H and O–H groups in total. The van der Waals surface area contributed by atoms with Crippen molar-refractivity contribution in [2.75, 3.05) is 0 Å². The number of pyridine rings is 1. The van der Waals surface area contributed by atoms with Gasteiger partial charge in [-0.05, 0) is 42.0 Å². The van der Waals surface area contributed by atoms with Crippen LogP contribution in [0.15, 0.2) is 83.9 Å². The fourth-order valence-corrected chi connectivity index (χ4v) is 4.52. The second kappa shape index (κ2) is 8.07. The lowest BCUT2D eigenvalue weighted by Gasteiger charge is -2.10. The van der Waals surface area contributed by atoms with E-state index < -0.39 is 15.9 Å². The van der Waals surface area contributed by atoms with Gasteiger partial charge in [-0.15, -0.1) is 0 Å². The predicted octanol–water partition coefficient (Wildman–Crippen LogP) is 5.33. The van der Waals surface area contributed by atoms with Gasteiger partial charge in [-0.3, -0.25) is 9.78 Å². The van der Waals surface area contributed by atoms with E-state index in [9.17, 15) is 13.2 Å². The number of rotatable bonds is 4. The standard InChI is InChI=1S/C22H14Cl2N2O3S/c23-16-8-11-19(20(24)13-16)22(27)26-30(28,29)17-9-6-14(7-10-17)18-5-1-3-15-4-2-12-25-21(15)18/h1-13H,(H,26,27). The van der Waals surface area contributed by atoms with E-state index in [1.807, 2.05) is 35.1 Å². The highest BCUT2D eigenvalue weighted by molar-refractivity contribution is 7.90. The van der Waals surface area contributed by atoms with E-state index in [-0.39, 0.29) is 15.5 Å². The van der Waals surface area contributed by atoms with Gasteiger partial charge in [0.2, 0.25) is 0 Å². The van der Waals surface area contributed by atoms with E-state index in [0.29, 0.717) is 5.02 Å². The van der Waals surface area contributed by atoms with Crippen molar-refractivity contribution in [3.05, 3.63) is 94.6 Å². The number of carbonyl (C=O) groups is 1. The number of carbonyl (C=O) groups excluding carboxylic acids is 1. The molecule has 0 aliphatic carbocycles. The molecule has 0 saturated heterocycles. The highest BCUT2D eigenvalue weighted by Crippen LogP contribution is 2.28. The minimum Gasteiger partial charge on any atom is -0.268 e. The molecule has 0 bridgehead atoms. The van der Waals surface area contributed by atoms with Crippen molar-refractivity contribution in [1.82, 2.24) is 9.71 Å². The summed E-state index contributed by atoms with van der Waals surface area (Å²) >= 11 is 11.8. The van der Waals surface area contributed by atoms with Crippen molar-refractivity contribution in [2.24, 2.45) is 0 Å². The molecule has 0 fully saturated rings. The lowest BCUT2D eigenvalue weighted by atomic mass is 10.0. The molecule has 0 atom stereocenters. The Hall–Kier alpha value is -2.93. The second-order valence-electron chi connectivity index (χ2n) is 6.46. The Labute approximate surface area is 183 Å². The Morgan fingerprint density at radius 3 is 2.37 bits per heavy atom. The van der Waals surface area contributed by atoms with Crippen LogP contribution in [0.3, 0.4) is 0 Å². The number of halogens is 2. The molecule has 0 aliphatic heterocycles. The summed E-state index contributed by atoms with van der Waals surface area (Å²) < 4.78 is 27.3. The van der Waals surface area contributed by atoms with Crippen molar-refractivity contribution in [3.8, 4) is 11.1 Å². The number of amides is 1. The molecule has 0 aliphatic rings. The third-order valence-corrected chi connectivity index (χ3v) is 6.41. The molecule has 8 heteroatoms. The van der Waals surface area contributed by atoms with Gasteiger partial charge in [0.1, 0.15) is 0 Å². The Balaban J connectivity index is 1.62. The minimum atomic E-state index is -4.08. The lowest BCUT2D eigenvalue weighted by molar-refractivity contribution is 0.0981. The summed E-state index contributed by atoms with van der Waals surface area (Å²) in [5.41, 5.74) is 2.53. The molecule has 1 aromatic heterocycles.